The monoisotopic (exact) mass is 244 g/mol. The number of aryl methyl sites for hydroxylation is 1. The van der Waals surface area contributed by atoms with E-state index in [1.54, 1.807) is 11.0 Å². The van der Waals surface area contributed by atoms with E-state index < -0.39 is 6.04 Å². The van der Waals surface area contributed by atoms with E-state index >= 15 is 0 Å². The molecule has 0 spiro atoms. The number of fused-ring (bicyclic) bond motifs is 1. The first kappa shape index (κ1) is 12.4. The summed E-state index contributed by atoms with van der Waals surface area (Å²) in [6, 6.07) is 5.24. The third-order valence-corrected chi connectivity index (χ3v) is 2.96. The molecule has 1 heterocycles. The summed E-state index contributed by atoms with van der Waals surface area (Å²) in [6.45, 7) is 7.48. The predicted octanol–water partition coefficient (Wildman–Crippen LogP) is 1.70. The molecule has 2 rings (SSSR count). The first-order chi connectivity index (χ1) is 8.54. The number of nitrogens with one attached hydrogen (secondary N) is 1. The summed E-state index contributed by atoms with van der Waals surface area (Å²) in [5, 5.41) is 2.70. The van der Waals surface area contributed by atoms with Gasteiger partial charge in [0.05, 0.1) is 0 Å². The molecule has 1 aliphatic heterocycles. The first-order valence-corrected chi connectivity index (χ1v) is 5.84. The SMILES string of the molecule is C=CCN1C(=O)[C@@H](NC(C)=O)c2cc(C)ccc21. The Labute approximate surface area is 106 Å². The van der Waals surface area contributed by atoms with Crippen molar-refractivity contribution in [2.45, 2.75) is 19.9 Å². The van der Waals surface area contributed by atoms with Crippen LogP contribution in [0.4, 0.5) is 5.69 Å². The largest absolute Gasteiger partial charge is 0.341 e. The highest BCUT2D eigenvalue weighted by Crippen LogP contribution is 2.36. The van der Waals surface area contributed by atoms with Gasteiger partial charge >= 0.3 is 0 Å². The van der Waals surface area contributed by atoms with Gasteiger partial charge in [-0.05, 0) is 13.0 Å². The van der Waals surface area contributed by atoms with E-state index in [1.807, 2.05) is 25.1 Å². The first-order valence-electron chi connectivity index (χ1n) is 5.84. The number of carbonyl (C=O) groups excluding carboxylic acids is 2. The van der Waals surface area contributed by atoms with Crippen LogP contribution in [0.3, 0.4) is 0 Å². The maximum atomic E-state index is 12.3. The summed E-state index contributed by atoms with van der Waals surface area (Å²) in [7, 11) is 0. The molecule has 0 aromatic heterocycles. The highest BCUT2D eigenvalue weighted by molar-refractivity contribution is 6.06. The average molecular weight is 244 g/mol. The second kappa shape index (κ2) is 4.64. The van der Waals surface area contributed by atoms with Crippen LogP contribution in [0, 0.1) is 6.92 Å². The molecule has 1 atom stereocenters. The van der Waals surface area contributed by atoms with Crippen molar-refractivity contribution in [3.63, 3.8) is 0 Å². The Morgan fingerprint density at radius 1 is 1.56 bits per heavy atom. The summed E-state index contributed by atoms with van der Waals surface area (Å²) < 4.78 is 0. The fourth-order valence-corrected chi connectivity index (χ4v) is 2.22. The van der Waals surface area contributed by atoms with Crippen LogP contribution in [0.15, 0.2) is 30.9 Å². The van der Waals surface area contributed by atoms with Crippen molar-refractivity contribution in [3.8, 4) is 0 Å². The second-order valence-corrected chi connectivity index (χ2v) is 4.43. The maximum absolute atomic E-state index is 12.3. The van der Waals surface area contributed by atoms with E-state index in [0.717, 1.165) is 16.8 Å². The zero-order valence-electron chi connectivity index (χ0n) is 10.6. The number of benzene rings is 1. The molecule has 1 aromatic rings. The van der Waals surface area contributed by atoms with Crippen molar-refractivity contribution in [3.05, 3.63) is 42.0 Å². The molecule has 4 nitrogen and oxygen atoms in total. The number of anilines is 1. The van der Waals surface area contributed by atoms with E-state index in [2.05, 4.69) is 11.9 Å². The van der Waals surface area contributed by atoms with Gasteiger partial charge in [0.1, 0.15) is 6.04 Å². The smallest absolute Gasteiger partial charge is 0.254 e. The van der Waals surface area contributed by atoms with Crippen LogP contribution in [0.25, 0.3) is 0 Å². The van der Waals surface area contributed by atoms with Crippen LogP contribution < -0.4 is 10.2 Å². The Bertz CT molecular complexity index is 523. The predicted molar refractivity (Wildman–Crippen MR) is 70.3 cm³/mol. The minimum Gasteiger partial charge on any atom is -0.341 e. The molecule has 1 aromatic carbocycles. The third-order valence-electron chi connectivity index (χ3n) is 2.96. The van der Waals surface area contributed by atoms with Crippen LogP contribution in [0.5, 0.6) is 0 Å². The second-order valence-electron chi connectivity index (χ2n) is 4.43. The molecule has 1 aliphatic rings. The van der Waals surface area contributed by atoms with Gasteiger partial charge in [-0.15, -0.1) is 6.58 Å². The van der Waals surface area contributed by atoms with E-state index in [-0.39, 0.29) is 11.8 Å². The molecule has 94 valence electrons. The Hall–Kier alpha value is -2.10. The standard InChI is InChI=1S/C14H16N2O2/c1-4-7-16-12-6-5-9(2)8-11(12)13(14(16)18)15-10(3)17/h4-6,8,13H,1,7H2,2-3H3,(H,15,17)/t13-/m0/s1. The van der Waals surface area contributed by atoms with Crippen molar-refractivity contribution in [1.29, 1.82) is 0 Å². The van der Waals surface area contributed by atoms with E-state index in [4.69, 9.17) is 0 Å². The Balaban J connectivity index is 2.46. The minimum absolute atomic E-state index is 0.106. The zero-order chi connectivity index (χ0) is 13.3. The van der Waals surface area contributed by atoms with Crippen molar-refractivity contribution < 1.29 is 9.59 Å². The molecule has 4 heteroatoms. The molecule has 18 heavy (non-hydrogen) atoms. The van der Waals surface area contributed by atoms with Gasteiger partial charge in [-0.2, -0.15) is 0 Å². The molecule has 0 bridgehead atoms. The highest BCUT2D eigenvalue weighted by atomic mass is 16.2. The molecule has 0 unspecified atom stereocenters. The highest BCUT2D eigenvalue weighted by Gasteiger charge is 2.37. The van der Waals surface area contributed by atoms with E-state index in [1.165, 1.54) is 6.92 Å². The molecule has 0 radical (unpaired) electrons. The number of hydrogen-bond acceptors (Lipinski definition) is 2. The summed E-state index contributed by atoms with van der Waals surface area (Å²) in [4.78, 5) is 25.1. The van der Waals surface area contributed by atoms with Crippen LogP contribution in [0.2, 0.25) is 0 Å². The molecular weight excluding hydrogens is 228 g/mol. The van der Waals surface area contributed by atoms with Crippen LogP contribution >= 0.6 is 0 Å². The molecule has 0 saturated heterocycles. The van der Waals surface area contributed by atoms with Gasteiger partial charge in [0.15, 0.2) is 0 Å². The fraction of sp³-hybridized carbons (Fsp3) is 0.286. The normalized spacial score (nSPS) is 17.6. The lowest BCUT2D eigenvalue weighted by atomic mass is 10.1. The number of hydrogen-bond donors (Lipinski definition) is 1. The molecule has 0 saturated carbocycles. The van der Waals surface area contributed by atoms with Crippen molar-refractivity contribution >= 4 is 17.5 Å². The maximum Gasteiger partial charge on any atom is 0.254 e. The molecule has 1 N–H and O–H groups in total. The minimum atomic E-state index is -0.572. The van der Waals surface area contributed by atoms with Crippen molar-refractivity contribution in [2.24, 2.45) is 0 Å². The lowest BCUT2D eigenvalue weighted by molar-refractivity contribution is -0.126. The zero-order valence-corrected chi connectivity index (χ0v) is 10.6. The van der Waals surface area contributed by atoms with Gasteiger partial charge in [0, 0.05) is 24.7 Å². The number of carbonyl (C=O) groups is 2. The third kappa shape index (κ3) is 2.01. The van der Waals surface area contributed by atoms with Gasteiger partial charge in [0.2, 0.25) is 5.91 Å². The Morgan fingerprint density at radius 3 is 2.89 bits per heavy atom. The average Bonchev–Trinajstić information content (AvgIpc) is 2.54. The summed E-state index contributed by atoms with van der Waals surface area (Å²) in [5.74, 6) is -0.313. The molecule has 0 aliphatic carbocycles. The number of amides is 2. The van der Waals surface area contributed by atoms with Crippen molar-refractivity contribution in [2.75, 3.05) is 11.4 Å². The lowest BCUT2D eigenvalue weighted by Gasteiger charge is -2.15. The van der Waals surface area contributed by atoms with Crippen LogP contribution in [-0.2, 0) is 9.59 Å². The summed E-state index contributed by atoms with van der Waals surface area (Å²) >= 11 is 0. The van der Waals surface area contributed by atoms with E-state index in [0.29, 0.717) is 6.54 Å². The van der Waals surface area contributed by atoms with Gasteiger partial charge < -0.3 is 10.2 Å². The summed E-state index contributed by atoms with van der Waals surface area (Å²) in [6.07, 6.45) is 1.68. The number of rotatable bonds is 3. The molecule has 2 amide bonds. The number of nitrogens with zero attached hydrogens (tertiary/aromatic N) is 1. The lowest BCUT2D eigenvalue weighted by Crippen LogP contribution is -2.36. The van der Waals surface area contributed by atoms with Gasteiger partial charge in [0.25, 0.3) is 5.91 Å². The molecule has 0 fully saturated rings. The summed E-state index contributed by atoms with van der Waals surface area (Å²) in [5.41, 5.74) is 2.78. The van der Waals surface area contributed by atoms with Crippen molar-refractivity contribution in [1.82, 2.24) is 5.32 Å². The van der Waals surface area contributed by atoms with Gasteiger partial charge in [-0.25, -0.2) is 0 Å². The van der Waals surface area contributed by atoms with E-state index in [9.17, 15) is 9.59 Å². The topological polar surface area (TPSA) is 49.4 Å². The molecular formula is C14H16N2O2. The quantitative estimate of drug-likeness (QED) is 0.823. The Kier molecular flexibility index (Phi) is 3.19. The van der Waals surface area contributed by atoms with Crippen LogP contribution in [-0.4, -0.2) is 18.4 Å². The van der Waals surface area contributed by atoms with Crippen LogP contribution in [0.1, 0.15) is 24.1 Å². The van der Waals surface area contributed by atoms with Gasteiger partial charge in [-0.1, -0.05) is 23.8 Å². The van der Waals surface area contributed by atoms with Gasteiger partial charge in [-0.3, -0.25) is 9.59 Å². The fourth-order valence-electron chi connectivity index (χ4n) is 2.22. The Morgan fingerprint density at radius 2 is 2.28 bits per heavy atom.